The molecule has 3 nitrogen and oxygen atoms in total. The summed E-state index contributed by atoms with van der Waals surface area (Å²) >= 11 is 0. The zero-order valence-electron chi connectivity index (χ0n) is 14.0. The first-order valence-electron chi connectivity index (χ1n) is 8.27. The summed E-state index contributed by atoms with van der Waals surface area (Å²) in [5, 5.41) is 0. The lowest BCUT2D eigenvalue weighted by Crippen LogP contribution is -2.34. The average molecular weight is 361 g/mol. The third-order valence-corrected chi connectivity index (χ3v) is 4.46. The van der Waals surface area contributed by atoms with Crippen LogP contribution < -0.4 is 0 Å². The number of ether oxygens (including phenoxy) is 1. The Morgan fingerprint density at radius 3 is 2.31 bits per heavy atom. The van der Waals surface area contributed by atoms with Crippen LogP contribution in [0.1, 0.15) is 36.1 Å². The summed E-state index contributed by atoms with van der Waals surface area (Å²) in [5.41, 5.74) is 0.996. The molecule has 2 aromatic carbocycles. The lowest BCUT2D eigenvalue weighted by molar-refractivity contribution is -0.132. The van der Waals surface area contributed by atoms with Crippen molar-refractivity contribution in [3.63, 3.8) is 0 Å². The normalized spacial score (nSPS) is 16.4. The minimum atomic E-state index is -1.01. The highest BCUT2D eigenvalue weighted by molar-refractivity contribution is 5.78. The molecule has 0 aliphatic carbocycles. The van der Waals surface area contributed by atoms with Gasteiger partial charge in [-0.05, 0) is 41.8 Å². The van der Waals surface area contributed by atoms with E-state index in [1.54, 1.807) is 17.0 Å². The van der Waals surface area contributed by atoms with Crippen molar-refractivity contribution >= 4 is 5.91 Å². The van der Waals surface area contributed by atoms with Gasteiger partial charge in [0.15, 0.2) is 11.6 Å². The van der Waals surface area contributed by atoms with Crippen molar-refractivity contribution in [1.29, 1.82) is 0 Å². The van der Waals surface area contributed by atoms with Gasteiger partial charge in [-0.2, -0.15) is 0 Å². The molecule has 0 aromatic heterocycles. The molecule has 0 radical (unpaired) electrons. The molecule has 0 bridgehead atoms. The van der Waals surface area contributed by atoms with Crippen LogP contribution in [-0.2, 0) is 9.53 Å². The lowest BCUT2D eigenvalue weighted by Gasteiger charge is -2.34. The Kier molecular flexibility index (Phi) is 5.30. The second-order valence-corrected chi connectivity index (χ2v) is 6.08. The predicted octanol–water partition coefficient (Wildman–Crippen LogP) is 4.67. The van der Waals surface area contributed by atoms with Crippen LogP contribution in [0.15, 0.2) is 55.3 Å². The quantitative estimate of drug-likeness (QED) is 0.700. The van der Waals surface area contributed by atoms with Gasteiger partial charge in [0.2, 0.25) is 5.91 Å². The summed E-state index contributed by atoms with van der Waals surface area (Å²) in [7, 11) is 0. The van der Waals surface area contributed by atoms with Crippen molar-refractivity contribution < 1.29 is 22.7 Å². The molecule has 2 aromatic rings. The molecule has 1 aliphatic rings. The summed E-state index contributed by atoms with van der Waals surface area (Å²) in [6.45, 7) is 4.05. The fourth-order valence-corrected chi connectivity index (χ4v) is 3.27. The average Bonchev–Trinajstić information content (AvgIpc) is 3.04. The maximum Gasteiger partial charge on any atom is 0.223 e. The predicted molar refractivity (Wildman–Crippen MR) is 90.5 cm³/mol. The van der Waals surface area contributed by atoms with Crippen LogP contribution in [0.25, 0.3) is 0 Å². The van der Waals surface area contributed by atoms with Gasteiger partial charge in [-0.15, -0.1) is 0 Å². The summed E-state index contributed by atoms with van der Waals surface area (Å²) < 4.78 is 46.1. The summed E-state index contributed by atoms with van der Waals surface area (Å²) in [6, 6.07) is 8.55. The van der Waals surface area contributed by atoms with Crippen molar-refractivity contribution in [2.24, 2.45) is 0 Å². The van der Waals surface area contributed by atoms with Crippen LogP contribution in [0.3, 0.4) is 0 Å². The summed E-state index contributed by atoms with van der Waals surface area (Å²) in [5.74, 6) is -2.46. The van der Waals surface area contributed by atoms with Crippen LogP contribution >= 0.6 is 0 Å². The van der Waals surface area contributed by atoms with Crippen LogP contribution in [-0.4, -0.2) is 17.4 Å². The van der Waals surface area contributed by atoms with Crippen molar-refractivity contribution in [3.05, 3.63) is 83.9 Å². The summed E-state index contributed by atoms with van der Waals surface area (Å²) in [6.07, 6.45) is 1.48. The van der Waals surface area contributed by atoms with Crippen LogP contribution in [0.5, 0.6) is 0 Å². The number of carbonyl (C=O) groups is 1. The van der Waals surface area contributed by atoms with E-state index in [9.17, 15) is 18.0 Å². The van der Waals surface area contributed by atoms with E-state index in [1.165, 1.54) is 24.5 Å². The molecule has 1 aliphatic heterocycles. The number of nitrogens with zero attached hydrogens (tertiary/aromatic N) is 1. The Hall–Kier alpha value is -2.76. The van der Waals surface area contributed by atoms with E-state index < -0.39 is 29.6 Å². The minimum Gasteiger partial charge on any atom is -0.491 e. The highest BCUT2D eigenvalue weighted by atomic mass is 19.2. The molecule has 2 atom stereocenters. The maximum absolute atomic E-state index is 13.8. The Morgan fingerprint density at radius 2 is 1.73 bits per heavy atom. The molecule has 3 rings (SSSR count). The smallest absolute Gasteiger partial charge is 0.223 e. The lowest BCUT2D eigenvalue weighted by atomic mass is 9.94. The fourth-order valence-electron chi connectivity index (χ4n) is 3.27. The van der Waals surface area contributed by atoms with Crippen molar-refractivity contribution in [3.8, 4) is 0 Å². The molecule has 1 amide bonds. The highest BCUT2D eigenvalue weighted by Crippen LogP contribution is 2.39. The van der Waals surface area contributed by atoms with Gasteiger partial charge in [-0.3, -0.25) is 4.79 Å². The largest absolute Gasteiger partial charge is 0.491 e. The third kappa shape index (κ3) is 3.59. The van der Waals surface area contributed by atoms with Gasteiger partial charge in [0.25, 0.3) is 0 Å². The minimum absolute atomic E-state index is 0.0698. The highest BCUT2D eigenvalue weighted by Gasteiger charge is 2.36. The molecule has 0 saturated carbocycles. The molecule has 1 fully saturated rings. The third-order valence-electron chi connectivity index (χ3n) is 4.46. The number of carbonyl (C=O) groups excluding carboxylic acids is 1. The van der Waals surface area contributed by atoms with Crippen LogP contribution in [0.2, 0.25) is 0 Å². The Morgan fingerprint density at radius 1 is 1.04 bits per heavy atom. The number of hydrogen-bond donors (Lipinski definition) is 0. The number of rotatable bonds is 6. The monoisotopic (exact) mass is 361 g/mol. The van der Waals surface area contributed by atoms with Gasteiger partial charge in [0, 0.05) is 13.0 Å². The molecule has 26 heavy (non-hydrogen) atoms. The first-order chi connectivity index (χ1) is 12.5. The molecule has 0 unspecified atom stereocenters. The fraction of sp³-hybridized carbons (Fsp3) is 0.250. The zero-order valence-corrected chi connectivity index (χ0v) is 14.0. The van der Waals surface area contributed by atoms with Crippen molar-refractivity contribution in [2.45, 2.75) is 25.0 Å². The number of benzene rings is 2. The first kappa shape index (κ1) is 18.0. The number of halogens is 3. The molecule has 0 spiro atoms. The molecule has 6 heteroatoms. The van der Waals surface area contributed by atoms with E-state index in [4.69, 9.17) is 4.74 Å². The Labute approximate surface area is 149 Å². The van der Waals surface area contributed by atoms with E-state index in [0.29, 0.717) is 30.5 Å². The van der Waals surface area contributed by atoms with E-state index in [1.807, 2.05) is 0 Å². The number of hydrogen-bond acceptors (Lipinski definition) is 2. The Bertz CT molecular complexity index is 807. The number of likely N-dealkylation sites (tertiary alicyclic amines) is 1. The van der Waals surface area contributed by atoms with Gasteiger partial charge in [0.1, 0.15) is 11.9 Å². The van der Waals surface area contributed by atoms with E-state index in [2.05, 4.69) is 6.58 Å². The van der Waals surface area contributed by atoms with Gasteiger partial charge in [-0.25, -0.2) is 13.2 Å². The Balaban J connectivity index is 2.09. The second kappa shape index (κ2) is 7.64. The van der Waals surface area contributed by atoms with Gasteiger partial charge in [-0.1, -0.05) is 24.8 Å². The topological polar surface area (TPSA) is 29.5 Å². The first-order valence-corrected chi connectivity index (χ1v) is 8.27. The van der Waals surface area contributed by atoms with E-state index in [-0.39, 0.29) is 5.91 Å². The zero-order chi connectivity index (χ0) is 18.7. The van der Waals surface area contributed by atoms with Gasteiger partial charge in [0.05, 0.1) is 12.3 Å². The standard InChI is InChI=1S/C20H18F3NO2/c1-2-26-20(14-7-10-16(22)17(23)12-14)19(24-11-3-4-18(24)25)13-5-8-15(21)9-6-13/h2,5-10,12,19-20H,1,3-4,11H2/t19-,20+/m0/s1. The molecule has 136 valence electrons. The molecule has 1 heterocycles. The van der Waals surface area contributed by atoms with Crippen molar-refractivity contribution in [2.75, 3.05) is 6.54 Å². The molecular formula is C20H18F3NO2. The number of amides is 1. The van der Waals surface area contributed by atoms with Crippen LogP contribution in [0.4, 0.5) is 13.2 Å². The maximum atomic E-state index is 13.8. The van der Waals surface area contributed by atoms with Gasteiger partial charge >= 0.3 is 0 Å². The molecule has 1 saturated heterocycles. The second-order valence-electron chi connectivity index (χ2n) is 6.08. The van der Waals surface area contributed by atoms with Gasteiger partial charge < -0.3 is 9.64 Å². The SMILES string of the molecule is C=CO[C@H](c1ccc(F)c(F)c1)[C@H](c1ccc(F)cc1)N1CCCC1=O. The van der Waals surface area contributed by atoms with Crippen LogP contribution in [0, 0.1) is 17.5 Å². The molecular weight excluding hydrogens is 343 g/mol. The van der Waals surface area contributed by atoms with E-state index in [0.717, 1.165) is 12.1 Å². The van der Waals surface area contributed by atoms with E-state index >= 15 is 0 Å². The molecule has 0 N–H and O–H groups in total. The van der Waals surface area contributed by atoms with Crippen molar-refractivity contribution in [1.82, 2.24) is 4.90 Å². The summed E-state index contributed by atoms with van der Waals surface area (Å²) in [4.78, 5) is 14.0.